The fraction of sp³-hybridized carbons (Fsp3) is 0.316. The molecule has 0 spiro atoms. The van der Waals surface area contributed by atoms with E-state index in [0.717, 1.165) is 11.1 Å². The molecule has 2 N–H and O–H groups in total. The van der Waals surface area contributed by atoms with E-state index in [2.05, 4.69) is 10.3 Å². The molecule has 136 valence electrons. The molecule has 3 rings (SSSR count). The molecule has 1 unspecified atom stereocenters. The molecule has 1 aliphatic heterocycles. The molecule has 1 atom stereocenters. The van der Waals surface area contributed by atoms with E-state index < -0.39 is 17.5 Å². The van der Waals surface area contributed by atoms with Gasteiger partial charge in [-0.3, -0.25) is 14.4 Å². The Hall–Kier alpha value is -2.54. The van der Waals surface area contributed by atoms with Crippen LogP contribution in [0.25, 0.3) is 0 Å². The molecule has 26 heavy (non-hydrogen) atoms. The van der Waals surface area contributed by atoms with Crippen LogP contribution in [0.3, 0.4) is 0 Å². The first-order chi connectivity index (χ1) is 12.4. The lowest BCUT2D eigenvalue weighted by Gasteiger charge is -2.23. The second-order valence-electron chi connectivity index (χ2n) is 6.46. The average Bonchev–Trinajstić information content (AvgIpc) is 3.07. The van der Waals surface area contributed by atoms with Crippen molar-refractivity contribution in [2.75, 3.05) is 16.9 Å². The number of pyridine rings is 1. The van der Waals surface area contributed by atoms with Gasteiger partial charge >= 0.3 is 0 Å². The molecule has 7 heteroatoms. The van der Waals surface area contributed by atoms with E-state index in [9.17, 15) is 14.4 Å². The number of amides is 2. The number of aromatic nitrogens is 1. The summed E-state index contributed by atoms with van der Waals surface area (Å²) >= 11 is 1.50. The maximum atomic E-state index is 12.8. The quantitative estimate of drug-likeness (QED) is 0.868. The number of thioether (sulfide) groups is 1. The minimum atomic E-state index is -0.602. The summed E-state index contributed by atoms with van der Waals surface area (Å²) in [5, 5.41) is 2.88. The topological polar surface area (TPSA) is 82.3 Å². The normalized spacial score (nSPS) is 16.6. The first kappa shape index (κ1) is 18.3. The highest BCUT2D eigenvalue weighted by Gasteiger charge is 2.36. The van der Waals surface area contributed by atoms with Crippen molar-refractivity contribution in [3.63, 3.8) is 0 Å². The molecule has 0 bridgehead atoms. The van der Waals surface area contributed by atoms with Crippen molar-refractivity contribution in [2.45, 2.75) is 26.8 Å². The van der Waals surface area contributed by atoms with Gasteiger partial charge in [-0.05, 0) is 56.2 Å². The Labute approximate surface area is 156 Å². The molecule has 6 nitrogen and oxygen atoms in total. The van der Waals surface area contributed by atoms with Crippen LogP contribution in [0.5, 0.6) is 0 Å². The summed E-state index contributed by atoms with van der Waals surface area (Å²) in [6.45, 7) is 5.74. The van der Waals surface area contributed by atoms with Gasteiger partial charge in [0.05, 0.1) is 5.88 Å². The van der Waals surface area contributed by atoms with E-state index >= 15 is 0 Å². The van der Waals surface area contributed by atoms with Gasteiger partial charge in [-0.15, -0.1) is 11.8 Å². The number of hydrogen-bond donors (Lipinski definition) is 2. The van der Waals surface area contributed by atoms with Crippen molar-refractivity contribution in [2.24, 2.45) is 0 Å². The minimum Gasteiger partial charge on any atom is -0.326 e. The summed E-state index contributed by atoms with van der Waals surface area (Å²) < 4.78 is 0. The van der Waals surface area contributed by atoms with Crippen LogP contribution < -0.4 is 10.9 Å². The maximum Gasteiger partial charge on any atom is 0.260 e. The summed E-state index contributed by atoms with van der Waals surface area (Å²) in [6, 6.07) is 8.30. The van der Waals surface area contributed by atoms with Gasteiger partial charge in [-0.2, -0.15) is 0 Å². The summed E-state index contributed by atoms with van der Waals surface area (Å²) in [6.07, 6.45) is 0. The largest absolute Gasteiger partial charge is 0.326 e. The first-order valence-corrected chi connectivity index (χ1v) is 9.49. The zero-order valence-corrected chi connectivity index (χ0v) is 15.8. The van der Waals surface area contributed by atoms with Gasteiger partial charge in [0.1, 0.15) is 11.6 Å². The van der Waals surface area contributed by atoms with Crippen molar-refractivity contribution in [3.05, 3.63) is 63.1 Å². The predicted octanol–water partition coefficient (Wildman–Crippen LogP) is 2.45. The van der Waals surface area contributed by atoms with Gasteiger partial charge in [-0.1, -0.05) is 6.07 Å². The SMILES string of the molecule is Cc1ccc(C(=O)N2CSCC2C(=O)Nc2ccc(C)c(C)c2)c(=O)[nH]1. The molecular formula is C19H21N3O3S. The summed E-state index contributed by atoms with van der Waals surface area (Å²) in [4.78, 5) is 41.6. The number of aromatic amines is 1. The lowest BCUT2D eigenvalue weighted by molar-refractivity contribution is -0.119. The number of carbonyl (C=O) groups excluding carboxylic acids is 2. The third-order valence-electron chi connectivity index (χ3n) is 4.51. The third kappa shape index (κ3) is 3.67. The molecule has 0 radical (unpaired) electrons. The van der Waals surface area contributed by atoms with Crippen LogP contribution in [0.1, 0.15) is 27.2 Å². The molecule has 0 saturated carbocycles. The second kappa shape index (κ2) is 7.37. The van der Waals surface area contributed by atoms with E-state index in [4.69, 9.17) is 0 Å². The van der Waals surface area contributed by atoms with Crippen molar-refractivity contribution < 1.29 is 9.59 Å². The number of anilines is 1. The highest BCUT2D eigenvalue weighted by atomic mass is 32.2. The average molecular weight is 371 g/mol. The van der Waals surface area contributed by atoms with E-state index in [1.54, 1.807) is 13.0 Å². The zero-order chi connectivity index (χ0) is 18.8. The van der Waals surface area contributed by atoms with Crippen molar-refractivity contribution in [3.8, 4) is 0 Å². The monoisotopic (exact) mass is 371 g/mol. The van der Waals surface area contributed by atoms with Crippen molar-refractivity contribution in [1.82, 2.24) is 9.88 Å². The number of hydrogen-bond acceptors (Lipinski definition) is 4. The van der Waals surface area contributed by atoms with Gasteiger partial charge in [0.2, 0.25) is 5.91 Å². The van der Waals surface area contributed by atoms with E-state index in [1.807, 2.05) is 32.0 Å². The Kier molecular flexibility index (Phi) is 5.18. The summed E-state index contributed by atoms with van der Waals surface area (Å²) in [5.41, 5.74) is 3.25. The molecule has 1 fully saturated rings. The number of rotatable bonds is 3. The van der Waals surface area contributed by atoms with Crippen LogP contribution in [0, 0.1) is 20.8 Å². The summed E-state index contributed by atoms with van der Waals surface area (Å²) in [7, 11) is 0. The first-order valence-electron chi connectivity index (χ1n) is 8.33. The number of H-pyrrole nitrogens is 1. The number of carbonyl (C=O) groups is 2. The Balaban J connectivity index is 1.78. The van der Waals surface area contributed by atoms with Crippen molar-refractivity contribution >= 4 is 29.3 Å². The number of aryl methyl sites for hydroxylation is 3. The van der Waals surface area contributed by atoms with Gasteiger partial charge in [0.25, 0.3) is 11.5 Å². The van der Waals surface area contributed by atoms with Gasteiger partial charge in [0.15, 0.2) is 0 Å². The molecule has 1 aromatic carbocycles. The fourth-order valence-electron chi connectivity index (χ4n) is 2.80. The molecule has 2 amide bonds. The number of nitrogens with zero attached hydrogens (tertiary/aromatic N) is 1. The van der Waals surface area contributed by atoms with Crippen LogP contribution in [0.4, 0.5) is 5.69 Å². The Bertz CT molecular complexity index is 922. The lowest BCUT2D eigenvalue weighted by Crippen LogP contribution is -2.45. The Morgan fingerprint density at radius 2 is 1.92 bits per heavy atom. The van der Waals surface area contributed by atoms with Gasteiger partial charge < -0.3 is 15.2 Å². The van der Waals surface area contributed by atoms with Gasteiger partial charge in [0, 0.05) is 17.1 Å². The lowest BCUT2D eigenvalue weighted by atomic mass is 10.1. The summed E-state index contributed by atoms with van der Waals surface area (Å²) in [5.74, 6) is 0.232. The zero-order valence-electron chi connectivity index (χ0n) is 15.0. The van der Waals surface area contributed by atoms with Gasteiger partial charge in [-0.25, -0.2) is 0 Å². The predicted molar refractivity (Wildman–Crippen MR) is 104 cm³/mol. The molecule has 1 saturated heterocycles. The highest BCUT2D eigenvalue weighted by molar-refractivity contribution is 7.99. The van der Waals surface area contributed by atoms with E-state index in [1.165, 1.54) is 22.7 Å². The minimum absolute atomic E-state index is 0.0575. The van der Waals surface area contributed by atoms with E-state index in [-0.39, 0.29) is 11.5 Å². The highest BCUT2D eigenvalue weighted by Crippen LogP contribution is 2.24. The number of nitrogens with one attached hydrogen (secondary N) is 2. The van der Waals surface area contributed by atoms with E-state index in [0.29, 0.717) is 23.0 Å². The van der Waals surface area contributed by atoms with Crippen LogP contribution in [-0.4, -0.2) is 39.4 Å². The molecular weight excluding hydrogens is 350 g/mol. The fourth-order valence-corrected chi connectivity index (χ4v) is 3.95. The van der Waals surface area contributed by atoms with Crippen molar-refractivity contribution in [1.29, 1.82) is 0 Å². The Morgan fingerprint density at radius 1 is 1.15 bits per heavy atom. The Morgan fingerprint density at radius 3 is 2.62 bits per heavy atom. The van der Waals surface area contributed by atoms with Crippen LogP contribution in [0.2, 0.25) is 0 Å². The molecule has 0 aliphatic carbocycles. The maximum absolute atomic E-state index is 12.8. The second-order valence-corrected chi connectivity index (χ2v) is 7.46. The van der Waals surface area contributed by atoms with Crippen LogP contribution >= 0.6 is 11.8 Å². The number of benzene rings is 1. The molecule has 1 aromatic heterocycles. The smallest absolute Gasteiger partial charge is 0.260 e. The molecule has 1 aliphatic rings. The third-order valence-corrected chi connectivity index (χ3v) is 5.52. The molecule has 2 aromatic rings. The molecule has 2 heterocycles. The standard InChI is InChI=1S/C19H21N3O3S/c1-11-4-6-14(8-12(11)2)21-18(24)16-9-26-10-22(16)19(25)15-7-5-13(3)20-17(15)23/h4-8,16H,9-10H2,1-3H3,(H,20,23)(H,21,24). The van der Waals surface area contributed by atoms with Crippen LogP contribution in [0.15, 0.2) is 35.1 Å². The van der Waals surface area contributed by atoms with Crippen LogP contribution in [-0.2, 0) is 4.79 Å².